The lowest BCUT2D eigenvalue weighted by Crippen LogP contribution is -2.35. The highest BCUT2D eigenvalue weighted by atomic mass is 16.5. The highest BCUT2D eigenvalue weighted by Gasteiger charge is 2.20. The van der Waals surface area contributed by atoms with Gasteiger partial charge in [0, 0.05) is 5.57 Å². The lowest BCUT2D eigenvalue weighted by molar-refractivity contribution is -0.120. The van der Waals surface area contributed by atoms with Gasteiger partial charge in [0.1, 0.15) is 12.0 Å². The summed E-state index contributed by atoms with van der Waals surface area (Å²) in [7, 11) is 1.30. The molecule has 0 bridgehead atoms. The quantitative estimate of drug-likeness (QED) is 0.394. The van der Waals surface area contributed by atoms with Crippen LogP contribution in [0.15, 0.2) is 89.7 Å². The number of ketones is 1. The van der Waals surface area contributed by atoms with Gasteiger partial charge in [-0.05, 0) is 30.2 Å². The third-order valence-electron chi connectivity index (χ3n) is 6.38. The molecule has 9 nitrogen and oxygen atoms in total. The molecule has 0 radical (unpaired) electrons. The summed E-state index contributed by atoms with van der Waals surface area (Å²) in [5.74, 6) is -0.959. The Morgan fingerprint density at radius 3 is 2.68 bits per heavy atom. The van der Waals surface area contributed by atoms with E-state index in [0.29, 0.717) is 34.2 Å². The number of allylic oxidation sites excluding steroid dienone is 2. The molecule has 1 unspecified atom stereocenters. The van der Waals surface area contributed by atoms with Crippen LogP contribution in [0.1, 0.15) is 22.3 Å². The average molecular weight is 497 g/mol. The second-order valence-corrected chi connectivity index (χ2v) is 8.71. The fourth-order valence-corrected chi connectivity index (χ4v) is 4.52. The molecule has 1 aliphatic carbocycles. The number of fused-ring (bicyclic) bond motifs is 3. The first kappa shape index (κ1) is 23.9. The average Bonchev–Trinajstić information content (AvgIpc) is 3.41. The van der Waals surface area contributed by atoms with Crippen molar-refractivity contribution >= 4 is 34.2 Å². The van der Waals surface area contributed by atoms with Crippen LogP contribution in [0, 0.1) is 0 Å². The van der Waals surface area contributed by atoms with Crippen molar-refractivity contribution in [1.82, 2.24) is 19.3 Å². The molecule has 5 rings (SSSR count). The van der Waals surface area contributed by atoms with Gasteiger partial charge in [-0.25, -0.2) is 9.78 Å². The number of ether oxygens (including phenoxy) is 1. The Labute approximate surface area is 211 Å². The van der Waals surface area contributed by atoms with Gasteiger partial charge in [0.2, 0.25) is 5.91 Å². The van der Waals surface area contributed by atoms with E-state index in [1.165, 1.54) is 11.7 Å². The van der Waals surface area contributed by atoms with Gasteiger partial charge >= 0.3 is 5.97 Å². The number of carbonyl (C=O) groups is 3. The number of aromatic nitrogens is 3. The van der Waals surface area contributed by atoms with Gasteiger partial charge in [-0.15, -0.1) is 0 Å². The van der Waals surface area contributed by atoms with Gasteiger partial charge in [0.25, 0.3) is 5.56 Å². The number of nitrogens with zero attached hydrogens (tertiary/aromatic N) is 3. The Bertz CT molecular complexity index is 1660. The molecule has 9 heteroatoms. The van der Waals surface area contributed by atoms with Crippen LogP contribution in [-0.4, -0.2) is 44.8 Å². The van der Waals surface area contributed by atoms with Crippen LogP contribution in [0.4, 0.5) is 0 Å². The van der Waals surface area contributed by atoms with Crippen molar-refractivity contribution in [3.8, 4) is 0 Å². The minimum atomic E-state index is -0.495. The van der Waals surface area contributed by atoms with Gasteiger partial charge in [0.15, 0.2) is 5.78 Å². The minimum absolute atomic E-state index is 0.0251. The third kappa shape index (κ3) is 4.71. The number of esters is 1. The summed E-state index contributed by atoms with van der Waals surface area (Å²) in [6.45, 7) is -0.129. The first-order chi connectivity index (χ1) is 18.0. The van der Waals surface area contributed by atoms with Crippen molar-refractivity contribution in [2.75, 3.05) is 7.11 Å². The molecular weight excluding hydrogens is 472 g/mol. The number of Topliss-reactive ketones (excluding diaryl/α,β-unsaturated/α-hetero) is 1. The van der Waals surface area contributed by atoms with Gasteiger partial charge < -0.3 is 10.1 Å². The first-order valence-corrected chi connectivity index (χ1v) is 11.8. The number of hydrogen-bond acceptors (Lipinski definition) is 6. The molecule has 1 amide bonds. The molecule has 0 aliphatic heterocycles. The van der Waals surface area contributed by atoms with E-state index in [9.17, 15) is 19.2 Å². The van der Waals surface area contributed by atoms with Gasteiger partial charge in [-0.3, -0.25) is 23.4 Å². The maximum absolute atomic E-state index is 13.1. The number of rotatable bonds is 7. The molecule has 1 atom stereocenters. The smallest absolute Gasteiger partial charge is 0.338 e. The highest BCUT2D eigenvalue weighted by Crippen LogP contribution is 2.17. The number of amides is 1. The van der Waals surface area contributed by atoms with E-state index in [0.717, 1.165) is 5.52 Å². The number of hydrogen-bond donors (Lipinski definition) is 1. The van der Waals surface area contributed by atoms with Crippen LogP contribution in [-0.2, 0) is 27.3 Å². The standard InChI is InChI=1S/C28H24N4O5/c1-37-28(36)21-7-3-2-6-19(21)14-25(34)30-20-12-10-18(11-13-20)24(33)16-31-26-15-29-17-32(26)23-9-5-4-8-22(23)27(31)35/h2-12,15,17,20H,13-14,16H2,1H3,(H,30,34). The van der Waals surface area contributed by atoms with Crippen molar-refractivity contribution in [1.29, 1.82) is 0 Å². The third-order valence-corrected chi connectivity index (χ3v) is 6.38. The van der Waals surface area contributed by atoms with E-state index in [1.807, 2.05) is 12.1 Å². The molecule has 37 heavy (non-hydrogen) atoms. The van der Waals surface area contributed by atoms with Crippen LogP contribution >= 0.6 is 0 Å². The van der Waals surface area contributed by atoms with Gasteiger partial charge in [-0.2, -0.15) is 0 Å². The van der Waals surface area contributed by atoms with E-state index in [4.69, 9.17) is 4.74 Å². The molecule has 186 valence electrons. The van der Waals surface area contributed by atoms with Crippen molar-refractivity contribution in [2.24, 2.45) is 0 Å². The van der Waals surface area contributed by atoms with Crippen LogP contribution < -0.4 is 10.9 Å². The number of benzene rings is 2. The van der Waals surface area contributed by atoms with Crippen LogP contribution in [0.3, 0.4) is 0 Å². The molecule has 0 saturated heterocycles. The first-order valence-electron chi connectivity index (χ1n) is 11.8. The lowest BCUT2D eigenvalue weighted by atomic mass is 9.99. The monoisotopic (exact) mass is 496 g/mol. The largest absolute Gasteiger partial charge is 0.465 e. The van der Waals surface area contributed by atoms with Crippen molar-refractivity contribution in [2.45, 2.75) is 25.4 Å². The van der Waals surface area contributed by atoms with E-state index in [1.54, 1.807) is 71.6 Å². The van der Waals surface area contributed by atoms with Crippen LogP contribution in [0.25, 0.3) is 16.6 Å². The molecule has 2 aromatic carbocycles. The molecule has 0 spiro atoms. The summed E-state index contributed by atoms with van der Waals surface area (Å²) in [4.78, 5) is 54.9. The highest BCUT2D eigenvalue weighted by molar-refractivity contribution is 5.98. The lowest BCUT2D eigenvalue weighted by Gasteiger charge is -2.18. The van der Waals surface area contributed by atoms with E-state index in [2.05, 4.69) is 10.3 Å². The molecule has 4 aromatic rings. The maximum Gasteiger partial charge on any atom is 0.338 e. The molecule has 1 aliphatic rings. The van der Waals surface area contributed by atoms with E-state index in [-0.39, 0.29) is 36.3 Å². The Balaban J connectivity index is 1.26. The predicted octanol–water partition coefficient (Wildman–Crippen LogP) is 2.62. The fraction of sp³-hybridized carbons (Fsp3) is 0.179. The molecule has 1 N–H and O–H groups in total. The number of imidazole rings is 1. The van der Waals surface area contributed by atoms with Crippen molar-refractivity contribution < 1.29 is 19.1 Å². The summed E-state index contributed by atoms with van der Waals surface area (Å²) in [5, 5.41) is 3.42. The zero-order chi connectivity index (χ0) is 25.9. The Hall–Kier alpha value is -4.79. The summed E-state index contributed by atoms with van der Waals surface area (Å²) < 4.78 is 8.01. The zero-order valence-corrected chi connectivity index (χ0v) is 20.1. The fourth-order valence-electron chi connectivity index (χ4n) is 4.52. The summed E-state index contributed by atoms with van der Waals surface area (Å²) in [6, 6.07) is 13.7. The number of methoxy groups -OCH3 is 1. The second kappa shape index (κ2) is 10.1. The zero-order valence-electron chi connectivity index (χ0n) is 20.1. The normalized spacial score (nSPS) is 14.9. The number of para-hydroxylation sites is 1. The van der Waals surface area contributed by atoms with E-state index < -0.39 is 5.97 Å². The van der Waals surface area contributed by atoms with Crippen LogP contribution in [0.5, 0.6) is 0 Å². The van der Waals surface area contributed by atoms with Gasteiger partial charge in [-0.1, -0.05) is 48.6 Å². The van der Waals surface area contributed by atoms with Crippen molar-refractivity contribution in [3.05, 3.63) is 106 Å². The van der Waals surface area contributed by atoms with Gasteiger partial charge in [0.05, 0.1) is 48.8 Å². The van der Waals surface area contributed by atoms with E-state index >= 15 is 0 Å². The van der Waals surface area contributed by atoms with Crippen LogP contribution in [0.2, 0.25) is 0 Å². The molecule has 0 saturated carbocycles. The van der Waals surface area contributed by atoms with Crippen molar-refractivity contribution in [3.63, 3.8) is 0 Å². The molecule has 0 fully saturated rings. The summed E-state index contributed by atoms with van der Waals surface area (Å²) >= 11 is 0. The topological polar surface area (TPSA) is 112 Å². The molecular formula is C28H24N4O5. The Morgan fingerprint density at radius 2 is 1.89 bits per heavy atom. The number of carbonyl (C=O) groups excluding carboxylic acids is 3. The molecule has 2 heterocycles. The maximum atomic E-state index is 13.1. The SMILES string of the molecule is COC(=O)c1ccccc1CC(=O)NC1C=CC(C(=O)Cn2c(=O)c3ccccc3n3cncc23)=CC1. The molecule has 2 aromatic heterocycles. The summed E-state index contributed by atoms with van der Waals surface area (Å²) in [5.41, 5.74) is 2.41. The number of nitrogens with one attached hydrogen (secondary N) is 1. The second-order valence-electron chi connectivity index (χ2n) is 8.71. The minimum Gasteiger partial charge on any atom is -0.465 e. The summed E-state index contributed by atoms with van der Waals surface area (Å²) in [6.07, 6.45) is 8.82. The predicted molar refractivity (Wildman–Crippen MR) is 137 cm³/mol. The Kier molecular flexibility index (Phi) is 6.51. The Morgan fingerprint density at radius 1 is 1.11 bits per heavy atom.